The van der Waals surface area contributed by atoms with Gasteiger partial charge in [0, 0.05) is 0 Å². The van der Waals surface area contributed by atoms with Gasteiger partial charge in [-0.1, -0.05) is 36.4 Å². The largest absolute Gasteiger partial charge is 0.337 e. The second kappa shape index (κ2) is 6.80. The molecule has 4 nitrogen and oxygen atoms in total. The number of imidazole rings is 1. The molecule has 2 aromatic heterocycles. The van der Waals surface area contributed by atoms with Crippen molar-refractivity contribution in [3.8, 4) is 11.5 Å². The zero-order chi connectivity index (χ0) is 19.0. The van der Waals surface area contributed by atoms with E-state index >= 15 is 0 Å². The molecule has 134 valence electrons. The van der Waals surface area contributed by atoms with Gasteiger partial charge in [-0.2, -0.15) is 0 Å². The van der Waals surface area contributed by atoms with E-state index in [-0.39, 0.29) is 0 Å². The van der Waals surface area contributed by atoms with Gasteiger partial charge in [0.1, 0.15) is 5.69 Å². The Bertz CT molecular complexity index is 1150. The third-order valence-electron chi connectivity index (χ3n) is 4.80. The number of nitrogens with one attached hydrogen (secondary N) is 1. The molecular formula is C23H22N4. The van der Waals surface area contributed by atoms with Crippen LogP contribution in [0.15, 0.2) is 59.6 Å². The van der Waals surface area contributed by atoms with Crippen LogP contribution in [0.1, 0.15) is 29.3 Å². The Hall–Kier alpha value is -3.27. The summed E-state index contributed by atoms with van der Waals surface area (Å²) in [5, 5.41) is 0. The van der Waals surface area contributed by atoms with Crippen molar-refractivity contribution in [2.45, 2.75) is 27.7 Å². The highest BCUT2D eigenvalue weighted by Crippen LogP contribution is 2.25. The first kappa shape index (κ1) is 17.2. The lowest BCUT2D eigenvalue weighted by Gasteiger charge is -2.07. The first-order valence-electron chi connectivity index (χ1n) is 9.07. The summed E-state index contributed by atoms with van der Waals surface area (Å²) < 4.78 is 0. The highest BCUT2D eigenvalue weighted by Gasteiger charge is 2.10. The molecule has 0 amide bonds. The third-order valence-corrected chi connectivity index (χ3v) is 4.80. The van der Waals surface area contributed by atoms with Crippen molar-refractivity contribution >= 4 is 22.4 Å². The monoisotopic (exact) mass is 354 g/mol. The van der Waals surface area contributed by atoms with Crippen LogP contribution in [0.5, 0.6) is 0 Å². The summed E-state index contributed by atoms with van der Waals surface area (Å²) in [6.45, 7) is 8.23. The molecule has 0 spiro atoms. The highest BCUT2D eigenvalue weighted by molar-refractivity contribution is 5.99. The maximum atomic E-state index is 4.84. The Balaban J connectivity index is 1.75. The number of fused-ring (bicyclic) bond motifs is 1. The van der Waals surface area contributed by atoms with E-state index in [1.807, 2.05) is 37.3 Å². The zero-order valence-electron chi connectivity index (χ0n) is 16.0. The maximum Gasteiger partial charge on any atom is 0.157 e. The van der Waals surface area contributed by atoms with Crippen LogP contribution in [0.3, 0.4) is 0 Å². The number of hydrogen-bond donors (Lipinski definition) is 1. The molecule has 2 aromatic carbocycles. The molecule has 2 heterocycles. The van der Waals surface area contributed by atoms with Gasteiger partial charge in [-0.3, -0.25) is 4.99 Å². The van der Waals surface area contributed by atoms with Gasteiger partial charge in [-0.05, 0) is 62.6 Å². The van der Waals surface area contributed by atoms with E-state index in [1.165, 1.54) is 11.1 Å². The standard InChI is InChI=1S/C23H22N4/c1-14-8-5-9-15(2)21(14)24-17(4)18-11-7-13-20(25-18)23-26-19-12-6-10-16(3)22(19)27-23/h5-13H,1-4H3,(H,26,27). The van der Waals surface area contributed by atoms with Crippen LogP contribution in [0.4, 0.5) is 5.69 Å². The molecule has 0 saturated carbocycles. The zero-order valence-corrected chi connectivity index (χ0v) is 16.0. The van der Waals surface area contributed by atoms with Crippen LogP contribution in [-0.4, -0.2) is 20.7 Å². The molecule has 0 atom stereocenters. The van der Waals surface area contributed by atoms with E-state index in [0.717, 1.165) is 45.2 Å². The Labute approximate surface area is 159 Å². The number of pyridine rings is 1. The summed E-state index contributed by atoms with van der Waals surface area (Å²) in [5.41, 5.74) is 9.07. The molecule has 4 aromatic rings. The molecule has 0 saturated heterocycles. The van der Waals surface area contributed by atoms with Crippen LogP contribution < -0.4 is 0 Å². The lowest BCUT2D eigenvalue weighted by atomic mass is 10.1. The first-order valence-corrected chi connectivity index (χ1v) is 9.07. The van der Waals surface area contributed by atoms with E-state index in [1.54, 1.807) is 0 Å². The van der Waals surface area contributed by atoms with E-state index < -0.39 is 0 Å². The minimum Gasteiger partial charge on any atom is -0.337 e. The molecule has 4 heteroatoms. The molecule has 0 aliphatic carbocycles. The van der Waals surface area contributed by atoms with Crippen molar-refractivity contribution in [2.24, 2.45) is 4.99 Å². The summed E-state index contributed by atoms with van der Waals surface area (Å²) in [4.78, 5) is 17.8. The third kappa shape index (κ3) is 3.26. The molecule has 0 aliphatic rings. The molecule has 4 rings (SSSR count). The van der Waals surface area contributed by atoms with Crippen molar-refractivity contribution in [3.63, 3.8) is 0 Å². The lowest BCUT2D eigenvalue weighted by molar-refractivity contribution is 1.21. The highest BCUT2D eigenvalue weighted by atomic mass is 15.0. The average Bonchev–Trinajstić information content (AvgIpc) is 3.11. The Morgan fingerprint density at radius 3 is 2.22 bits per heavy atom. The second-order valence-corrected chi connectivity index (χ2v) is 6.90. The van der Waals surface area contributed by atoms with Crippen LogP contribution in [0.2, 0.25) is 0 Å². The van der Waals surface area contributed by atoms with Crippen LogP contribution in [-0.2, 0) is 0 Å². The van der Waals surface area contributed by atoms with E-state index in [9.17, 15) is 0 Å². The summed E-state index contributed by atoms with van der Waals surface area (Å²) in [6.07, 6.45) is 0. The number of hydrogen-bond acceptors (Lipinski definition) is 3. The summed E-state index contributed by atoms with van der Waals surface area (Å²) >= 11 is 0. The SMILES string of the molecule is CC(=Nc1c(C)cccc1C)c1cccc(-c2nc3c(C)cccc3[nH]2)n1. The second-order valence-electron chi connectivity index (χ2n) is 6.90. The Morgan fingerprint density at radius 1 is 0.815 bits per heavy atom. The minimum absolute atomic E-state index is 0.779. The van der Waals surface area contributed by atoms with Crippen molar-refractivity contribution in [2.75, 3.05) is 0 Å². The van der Waals surface area contributed by atoms with Crippen molar-refractivity contribution in [1.29, 1.82) is 0 Å². The van der Waals surface area contributed by atoms with Crippen molar-refractivity contribution in [3.05, 3.63) is 77.0 Å². The van der Waals surface area contributed by atoms with Gasteiger partial charge in [-0.25, -0.2) is 9.97 Å². The van der Waals surface area contributed by atoms with Gasteiger partial charge in [0.15, 0.2) is 5.82 Å². The van der Waals surface area contributed by atoms with Crippen molar-refractivity contribution < 1.29 is 0 Å². The molecule has 0 fully saturated rings. The van der Waals surface area contributed by atoms with E-state index in [2.05, 4.69) is 50.0 Å². The maximum absolute atomic E-state index is 4.84. The van der Waals surface area contributed by atoms with Crippen LogP contribution >= 0.6 is 0 Å². The number of aromatic nitrogens is 3. The van der Waals surface area contributed by atoms with Gasteiger partial charge < -0.3 is 4.98 Å². The number of benzene rings is 2. The Kier molecular flexibility index (Phi) is 4.32. The van der Waals surface area contributed by atoms with Gasteiger partial charge in [0.2, 0.25) is 0 Å². The summed E-state index contributed by atoms with van der Waals surface area (Å²) in [5.74, 6) is 0.779. The quantitative estimate of drug-likeness (QED) is 0.480. The molecule has 0 unspecified atom stereocenters. The summed E-state index contributed by atoms with van der Waals surface area (Å²) in [6, 6.07) is 18.3. The van der Waals surface area contributed by atoms with Gasteiger partial charge in [0.25, 0.3) is 0 Å². The Morgan fingerprint density at radius 2 is 1.48 bits per heavy atom. The smallest absolute Gasteiger partial charge is 0.157 e. The van der Waals surface area contributed by atoms with Crippen LogP contribution in [0, 0.1) is 20.8 Å². The lowest BCUT2D eigenvalue weighted by Crippen LogP contribution is -2.00. The number of rotatable bonds is 3. The molecule has 0 bridgehead atoms. The molecular weight excluding hydrogens is 332 g/mol. The van der Waals surface area contributed by atoms with E-state index in [0.29, 0.717) is 0 Å². The number of nitrogens with zero attached hydrogens (tertiary/aromatic N) is 3. The summed E-state index contributed by atoms with van der Waals surface area (Å²) in [7, 11) is 0. The minimum atomic E-state index is 0.779. The number of para-hydroxylation sites is 2. The van der Waals surface area contributed by atoms with Gasteiger partial charge >= 0.3 is 0 Å². The fourth-order valence-corrected chi connectivity index (χ4v) is 3.27. The predicted octanol–water partition coefficient (Wildman–Crippen LogP) is 5.69. The number of aliphatic imine (C=N–C) groups is 1. The molecule has 0 aliphatic heterocycles. The fraction of sp³-hybridized carbons (Fsp3) is 0.174. The predicted molar refractivity (Wildman–Crippen MR) is 112 cm³/mol. The van der Waals surface area contributed by atoms with E-state index in [4.69, 9.17) is 15.0 Å². The normalized spacial score (nSPS) is 11.9. The number of aromatic amines is 1. The average molecular weight is 354 g/mol. The van der Waals surface area contributed by atoms with Gasteiger partial charge in [-0.15, -0.1) is 0 Å². The van der Waals surface area contributed by atoms with Crippen molar-refractivity contribution in [1.82, 2.24) is 15.0 Å². The molecule has 1 N–H and O–H groups in total. The molecule has 27 heavy (non-hydrogen) atoms. The molecule has 0 radical (unpaired) electrons. The number of H-pyrrole nitrogens is 1. The first-order chi connectivity index (χ1) is 13.0. The van der Waals surface area contributed by atoms with Crippen LogP contribution in [0.25, 0.3) is 22.6 Å². The number of aryl methyl sites for hydroxylation is 3. The topological polar surface area (TPSA) is 53.9 Å². The van der Waals surface area contributed by atoms with Gasteiger partial charge in [0.05, 0.1) is 28.1 Å². The fourth-order valence-electron chi connectivity index (χ4n) is 3.27.